The van der Waals surface area contributed by atoms with Crippen LogP contribution in [-0.4, -0.2) is 14.4 Å². The van der Waals surface area contributed by atoms with Gasteiger partial charge in [-0.1, -0.05) is 12.1 Å². The smallest absolute Gasteiger partial charge is 0.305 e. The van der Waals surface area contributed by atoms with Gasteiger partial charge in [0.25, 0.3) is 0 Å². The number of carbonyl (C=O) groups excluding carboxylic acids is 1. The van der Waals surface area contributed by atoms with E-state index in [0.717, 1.165) is 0 Å². The number of amides is 2. The molecule has 1 heterocycles. The van der Waals surface area contributed by atoms with Gasteiger partial charge in [0.15, 0.2) is 0 Å². The van der Waals surface area contributed by atoms with E-state index in [2.05, 4.69) is 10.0 Å². The second-order valence-corrected chi connectivity index (χ2v) is 4.12. The van der Waals surface area contributed by atoms with Crippen molar-refractivity contribution in [2.75, 3.05) is 10.0 Å². The van der Waals surface area contributed by atoms with Gasteiger partial charge in [0, 0.05) is 0 Å². The highest BCUT2D eigenvalue weighted by Gasteiger charge is 2.20. The van der Waals surface area contributed by atoms with Gasteiger partial charge in [0.1, 0.15) is 0 Å². The van der Waals surface area contributed by atoms with Gasteiger partial charge >= 0.3 is 16.2 Å². The maximum Gasteiger partial charge on any atom is 0.334 e. The van der Waals surface area contributed by atoms with E-state index >= 15 is 0 Å². The Morgan fingerprint density at radius 3 is 2.36 bits per heavy atom. The second kappa shape index (κ2) is 2.88. The molecule has 1 aromatic rings. The SMILES string of the molecule is O=C1Nc2ccccc2NS(=O)(=O)N1. The Bertz CT molecular complexity index is 483. The molecule has 2 amide bonds. The van der Waals surface area contributed by atoms with E-state index in [0.29, 0.717) is 11.4 Å². The van der Waals surface area contributed by atoms with Gasteiger partial charge in [0.05, 0.1) is 11.4 Å². The van der Waals surface area contributed by atoms with E-state index < -0.39 is 16.2 Å². The van der Waals surface area contributed by atoms with Crippen molar-refractivity contribution in [2.45, 2.75) is 0 Å². The summed E-state index contributed by atoms with van der Waals surface area (Å²) in [5.74, 6) is 0. The zero-order valence-corrected chi connectivity index (χ0v) is 7.76. The van der Waals surface area contributed by atoms with Gasteiger partial charge in [-0.15, -0.1) is 0 Å². The van der Waals surface area contributed by atoms with Crippen LogP contribution in [0.2, 0.25) is 0 Å². The Hall–Kier alpha value is -1.76. The van der Waals surface area contributed by atoms with E-state index in [1.165, 1.54) is 0 Å². The first-order chi connectivity index (χ1) is 6.57. The van der Waals surface area contributed by atoms with Crippen LogP contribution in [0.3, 0.4) is 0 Å². The molecule has 1 aliphatic rings. The summed E-state index contributed by atoms with van der Waals surface area (Å²) in [6.45, 7) is 0. The third kappa shape index (κ3) is 1.62. The Labute approximate surface area is 80.5 Å². The molecule has 14 heavy (non-hydrogen) atoms. The molecule has 0 unspecified atom stereocenters. The highest BCUT2D eigenvalue weighted by atomic mass is 32.2. The van der Waals surface area contributed by atoms with Crippen LogP contribution in [0.5, 0.6) is 0 Å². The molecule has 0 radical (unpaired) electrons. The highest BCUT2D eigenvalue weighted by Crippen LogP contribution is 2.23. The predicted octanol–water partition coefficient (Wildman–Crippen LogP) is 0.478. The van der Waals surface area contributed by atoms with Crippen molar-refractivity contribution in [3.8, 4) is 0 Å². The summed E-state index contributed by atoms with van der Waals surface area (Å²) in [6.07, 6.45) is 0. The molecular formula is C7H7N3O3S. The quantitative estimate of drug-likeness (QED) is 0.585. The Morgan fingerprint density at radius 2 is 1.64 bits per heavy atom. The molecule has 3 N–H and O–H groups in total. The van der Waals surface area contributed by atoms with Gasteiger partial charge in [-0.25, -0.2) is 9.52 Å². The fourth-order valence-corrected chi connectivity index (χ4v) is 1.93. The molecule has 0 bridgehead atoms. The number of para-hydroxylation sites is 2. The van der Waals surface area contributed by atoms with E-state index in [1.807, 2.05) is 0 Å². The summed E-state index contributed by atoms with van der Waals surface area (Å²) in [7, 11) is -3.79. The van der Waals surface area contributed by atoms with Crippen LogP contribution in [0.1, 0.15) is 0 Å². The maximum absolute atomic E-state index is 11.2. The standard InChI is InChI=1S/C7H7N3O3S/c11-7-8-5-3-1-2-4-6(5)9-14(12,13)10-7/h1-4,9H,(H2,8,10,11). The third-order valence-corrected chi connectivity index (χ3v) is 2.59. The number of nitrogens with one attached hydrogen (secondary N) is 3. The lowest BCUT2D eigenvalue weighted by molar-refractivity contribution is 0.256. The van der Waals surface area contributed by atoms with Gasteiger partial charge in [0.2, 0.25) is 0 Å². The molecule has 0 saturated heterocycles. The summed E-state index contributed by atoms with van der Waals surface area (Å²) < 4.78 is 26.3. The largest absolute Gasteiger partial charge is 0.334 e. The normalized spacial score (nSPS) is 18.1. The minimum absolute atomic E-state index is 0.339. The molecule has 0 atom stereocenters. The van der Waals surface area contributed by atoms with Crippen LogP contribution >= 0.6 is 0 Å². The lowest BCUT2D eigenvalue weighted by Gasteiger charge is -2.04. The van der Waals surface area contributed by atoms with E-state index in [4.69, 9.17) is 0 Å². The molecule has 0 fully saturated rings. The predicted molar refractivity (Wildman–Crippen MR) is 51.1 cm³/mol. The monoisotopic (exact) mass is 213 g/mol. The minimum Gasteiger partial charge on any atom is -0.305 e. The molecule has 0 spiro atoms. The summed E-state index contributed by atoms with van der Waals surface area (Å²) in [6, 6.07) is 5.74. The Morgan fingerprint density at radius 1 is 1.00 bits per heavy atom. The molecule has 1 aliphatic heterocycles. The summed E-state index contributed by atoms with van der Waals surface area (Å²) in [5.41, 5.74) is 0.761. The van der Waals surface area contributed by atoms with Gasteiger partial charge in [-0.05, 0) is 12.1 Å². The molecule has 2 rings (SSSR count). The lowest BCUT2D eigenvalue weighted by Crippen LogP contribution is -2.35. The second-order valence-electron chi connectivity index (χ2n) is 2.71. The van der Waals surface area contributed by atoms with Crippen LogP contribution in [0, 0.1) is 0 Å². The number of urea groups is 1. The highest BCUT2D eigenvalue weighted by molar-refractivity contribution is 7.91. The Kier molecular flexibility index (Phi) is 1.81. The number of rotatable bonds is 0. The fourth-order valence-electron chi connectivity index (χ4n) is 1.12. The van der Waals surface area contributed by atoms with Crippen molar-refractivity contribution in [1.82, 2.24) is 4.72 Å². The number of benzene rings is 1. The molecule has 0 aromatic heterocycles. The van der Waals surface area contributed by atoms with E-state index in [-0.39, 0.29) is 0 Å². The minimum atomic E-state index is -3.79. The van der Waals surface area contributed by atoms with Crippen LogP contribution in [-0.2, 0) is 10.2 Å². The average Bonchev–Trinajstić information content (AvgIpc) is 2.16. The van der Waals surface area contributed by atoms with Crippen molar-refractivity contribution < 1.29 is 13.2 Å². The maximum atomic E-state index is 11.2. The number of hydrogen-bond acceptors (Lipinski definition) is 3. The zero-order valence-electron chi connectivity index (χ0n) is 6.94. The number of carbonyl (C=O) groups is 1. The molecule has 1 aromatic carbocycles. The average molecular weight is 213 g/mol. The van der Waals surface area contributed by atoms with Gasteiger partial charge in [-0.2, -0.15) is 8.42 Å². The Balaban J connectivity index is 2.53. The first kappa shape index (κ1) is 8.82. The van der Waals surface area contributed by atoms with Crippen LogP contribution in [0.15, 0.2) is 24.3 Å². The lowest BCUT2D eigenvalue weighted by atomic mass is 10.3. The van der Waals surface area contributed by atoms with Crippen molar-refractivity contribution in [2.24, 2.45) is 0 Å². The molecule has 6 nitrogen and oxygen atoms in total. The van der Waals surface area contributed by atoms with Gasteiger partial charge in [-0.3, -0.25) is 4.72 Å². The fraction of sp³-hybridized carbons (Fsp3) is 0. The third-order valence-electron chi connectivity index (χ3n) is 1.65. The van der Waals surface area contributed by atoms with Gasteiger partial charge < -0.3 is 5.32 Å². The van der Waals surface area contributed by atoms with Crippen LogP contribution in [0.25, 0.3) is 0 Å². The molecule has 0 saturated carbocycles. The number of hydrogen-bond donors (Lipinski definition) is 3. The number of anilines is 2. The molecule has 0 aliphatic carbocycles. The molecular weight excluding hydrogens is 206 g/mol. The van der Waals surface area contributed by atoms with Crippen molar-refractivity contribution in [1.29, 1.82) is 0 Å². The molecule has 7 heteroatoms. The van der Waals surface area contributed by atoms with Crippen molar-refractivity contribution in [3.05, 3.63) is 24.3 Å². The molecule has 74 valence electrons. The van der Waals surface area contributed by atoms with Crippen molar-refractivity contribution >= 4 is 27.6 Å². The van der Waals surface area contributed by atoms with Crippen LogP contribution in [0.4, 0.5) is 16.2 Å². The van der Waals surface area contributed by atoms with E-state index in [1.54, 1.807) is 29.0 Å². The van der Waals surface area contributed by atoms with Crippen LogP contribution < -0.4 is 14.8 Å². The summed E-state index contributed by atoms with van der Waals surface area (Å²) in [4.78, 5) is 11.0. The topological polar surface area (TPSA) is 87.3 Å². The van der Waals surface area contributed by atoms with E-state index in [9.17, 15) is 13.2 Å². The zero-order chi connectivity index (χ0) is 10.2. The van der Waals surface area contributed by atoms with Crippen molar-refractivity contribution in [3.63, 3.8) is 0 Å². The first-order valence-electron chi connectivity index (χ1n) is 3.77. The number of fused-ring (bicyclic) bond motifs is 1. The summed E-state index contributed by atoms with van der Waals surface area (Å²) >= 11 is 0. The summed E-state index contributed by atoms with van der Waals surface area (Å²) in [5, 5.41) is 2.39. The first-order valence-corrected chi connectivity index (χ1v) is 5.26.